The summed E-state index contributed by atoms with van der Waals surface area (Å²) in [5.41, 5.74) is -0.0694. The number of hydrogen-bond donors (Lipinski definition) is 2. The van der Waals surface area contributed by atoms with Crippen molar-refractivity contribution in [1.29, 1.82) is 0 Å². The zero-order valence-corrected chi connectivity index (χ0v) is 11.7. The number of rotatable bonds is 3. The van der Waals surface area contributed by atoms with Gasteiger partial charge in [-0.1, -0.05) is 20.8 Å². The zero-order valence-electron chi connectivity index (χ0n) is 10.9. The molecular formula is C11H18N2O4S. The molecule has 0 saturated heterocycles. The molecule has 6 nitrogen and oxygen atoms in total. The van der Waals surface area contributed by atoms with Crippen LogP contribution >= 0.6 is 0 Å². The minimum Gasteiger partial charge on any atom is -0.455 e. The summed E-state index contributed by atoms with van der Waals surface area (Å²) in [6, 6.07) is 1.14. The summed E-state index contributed by atoms with van der Waals surface area (Å²) in [6.07, 6.45) is 0. The van der Waals surface area contributed by atoms with Gasteiger partial charge in [-0.2, -0.15) is 0 Å². The molecule has 0 radical (unpaired) electrons. The number of nitrogens with two attached hydrogens (primary N) is 1. The number of carbonyl (C=O) groups excluding carboxylic acids is 1. The number of sulfonamides is 1. The number of primary sulfonamides is 1. The highest BCUT2D eigenvalue weighted by atomic mass is 32.2. The van der Waals surface area contributed by atoms with Gasteiger partial charge in [0.1, 0.15) is 10.7 Å². The lowest BCUT2D eigenvalue weighted by atomic mass is 9.97. The van der Waals surface area contributed by atoms with E-state index in [1.54, 1.807) is 0 Å². The third-order valence-electron chi connectivity index (χ3n) is 2.18. The first kappa shape index (κ1) is 14.7. The van der Waals surface area contributed by atoms with Gasteiger partial charge < -0.3 is 9.73 Å². The lowest BCUT2D eigenvalue weighted by Crippen LogP contribution is -2.32. The van der Waals surface area contributed by atoms with Crippen LogP contribution < -0.4 is 10.5 Å². The van der Waals surface area contributed by atoms with Crippen molar-refractivity contribution in [3.05, 3.63) is 17.6 Å². The fourth-order valence-corrected chi connectivity index (χ4v) is 2.01. The summed E-state index contributed by atoms with van der Waals surface area (Å²) in [5.74, 6) is -0.401. The van der Waals surface area contributed by atoms with Crippen molar-refractivity contribution in [2.45, 2.75) is 32.6 Å². The van der Waals surface area contributed by atoms with E-state index in [2.05, 4.69) is 5.32 Å². The Morgan fingerprint density at radius 1 is 1.44 bits per heavy atom. The second kappa shape index (κ2) is 4.74. The molecule has 7 heteroatoms. The highest BCUT2D eigenvalue weighted by Crippen LogP contribution is 2.19. The summed E-state index contributed by atoms with van der Waals surface area (Å²) in [6.45, 7) is 7.81. The molecule has 1 aromatic rings. The van der Waals surface area contributed by atoms with Crippen LogP contribution in [0.2, 0.25) is 0 Å². The number of furan rings is 1. The van der Waals surface area contributed by atoms with Crippen molar-refractivity contribution < 1.29 is 17.6 Å². The number of amides is 1. The maximum atomic E-state index is 11.7. The molecule has 0 aliphatic heterocycles. The molecule has 0 bridgehead atoms. The number of carbonyl (C=O) groups is 1. The van der Waals surface area contributed by atoms with E-state index in [4.69, 9.17) is 9.56 Å². The molecule has 1 amide bonds. The van der Waals surface area contributed by atoms with Crippen LogP contribution in [0.15, 0.2) is 15.4 Å². The number of hydrogen-bond acceptors (Lipinski definition) is 4. The topological polar surface area (TPSA) is 102 Å². The molecule has 18 heavy (non-hydrogen) atoms. The lowest BCUT2D eigenvalue weighted by molar-refractivity contribution is 0.0910. The normalized spacial score (nSPS) is 12.5. The van der Waals surface area contributed by atoms with Crippen LogP contribution in [-0.4, -0.2) is 20.9 Å². The molecule has 0 atom stereocenters. The summed E-state index contributed by atoms with van der Waals surface area (Å²) < 4.78 is 27.5. The second-order valence-electron chi connectivity index (χ2n) is 5.32. The van der Waals surface area contributed by atoms with E-state index >= 15 is 0 Å². The molecule has 0 unspecified atom stereocenters. The van der Waals surface area contributed by atoms with Crippen LogP contribution in [0.25, 0.3) is 0 Å². The van der Waals surface area contributed by atoms with E-state index in [1.165, 1.54) is 6.92 Å². The molecule has 1 rings (SSSR count). The highest BCUT2D eigenvalue weighted by Gasteiger charge is 2.21. The van der Waals surface area contributed by atoms with Crippen LogP contribution in [0, 0.1) is 12.3 Å². The van der Waals surface area contributed by atoms with Gasteiger partial charge >= 0.3 is 0 Å². The third-order valence-corrected chi connectivity index (χ3v) is 3.20. The van der Waals surface area contributed by atoms with E-state index in [0.29, 0.717) is 6.54 Å². The highest BCUT2D eigenvalue weighted by molar-refractivity contribution is 7.89. The Labute approximate surface area is 107 Å². The summed E-state index contributed by atoms with van der Waals surface area (Å²) >= 11 is 0. The fraction of sp³-hybridized carbons (Fsp3) is 0.545. The summed E-state index contributed by atoms with van der Waals surface area (Å²) in [5, 5.41) is 7.66. The molecule has 0 aliphatic carbocycles. The average Bonchev–Trinajstić information content (AvgIpc) is 2.55. The minimum atomic E-state index is -3.86. The van der Waals surface area contributed by atoms with Crippen molar-refractivity contribution >= 4 is 15.9 Å². The average molecular weight is 274 g/mol. The van der Waals surface area contributed by atoms with E-state index < -0.39 is 15.9 Å². The van der Waals surface area contributed by atoms with E-state index in [-0.39, 0.29) is 21.8 Å². The van der Waals surface area contributed by atoms with Gasteiger partial charge in [-0.25, -0.2) is 13.6 Å². The fourth-order valence-electron chi connectivity index (χ4n) is 1.29. The van der Waals surface area contributed by atoms with Gasteiger partial charge in [0.2, 0.25) is 10.0 Å². The molecule has 0 fully saturated rings. The lowest BCUT2D eigenvalue weighted by Gasteiger charge is -2.17. The Bertz CT molecular complexity index is 552. The molecule has 102 valence electrons. The Morgan fingerprint density at radius 2 is 2.00 bits per heavy atom. The summed E-state index contributed by atoms with van der Waals surface area (Å²) in [4.78, 5) is 11.6. The molecule has 0 saturated carbocycles. The van der Waals surface area contributed by atoms with Crippen LogP contribution in [0.5, 0.6) is 0 Å². The largest absolute Gasteiger partial charge is 0.455 e. The van der Waals surface area contributed by atoms with Crippen molar-refractivity contribution in [1.82, 2.24) is 5.32 Å². The Kier molecular flexibility index (Phi) is 3.87. The van der Waals surface area contributed by atoms with Gasteiger partial charge in [0.25, 0.3) is 5.91 Å². The molecule has 1 heterocycles. The Morgan fingerprint density at radius 3 is 2.39 bits per heavy atom. The van der Waals surface area contributed by atoms with Crippen molar-refractivity contribution in [3.63, 3.8) is 0 Å². The quantitative estimate of drug-likeness (QED) is 0.858. The molecular weight excluding hydrogens is 256 g/mol. The first-order chi connectivity index (χ1) is 8.00. The maximum absolute atomic E-state index is 11.7. The minimum absolute atomic E-state index is 0.0548. The Hall–Kier alpha value is -1.34. The smallest absolute Gasteiger partial charge is 0.287 e. The maximum Gasteiger partial charge on any atom is 0.287 e. The van der Waals surface area contributed by atoms with E-state index in [0.717, 1.165) is 6.07 Å². The van der Waals surface area contributed by atoms with Crippen LogP contribution in [0.3, 0.4) is 0 Å². The second-order valence-corrected chi connectivity index (χ2v) is 6.85. The first-order valence-corrected chi connectivity index (χ1v) is 6.97. The van der Waals surface area contributed by atoms with Gasteiger partial charge in [-0.05, 0) is 12.3 Å². The number of aryl methyl sites for hydroxylation is 1. The zero-order chi connectivity index (χ0) is 14.1. The van der Waals surface area contributed by atoms with Crippen LogP contribution in [-0.2, 0) is 10.0 Å². The van der Waals surface area contributed by atoms with Gasteiger partial charge in [0.15, 0.2) is 5.76 Å². The van der Waals surface area contributed by atoms with Crippen LogP contribution in [0.1, 0.15) is 37.1 Å². The van der Waals surface area contributed by atoms with Crippen molar-refractivity contribution in [3.8, 4) is 0 Å². The Balaban J connectivity index is 2.90. The predicted molar refractivity (Wildman–Crippen MR) is 66.6 cm³/mol. The SMILES string of the molecule is Cc1oc(C(=O)NCC(C)(C)C)cc1S(N)(=O)=O. The van der Waals surface area contributed by atoms with E-state index in [9.17, 15) is 13.2 Å². The predicted octanol–water partition coefficient (Wildman–Crippen LogP) is 1.01. The monoisotopic (exact) mass is 274 g/mol. The summed E-state index contributed by atoms with van der Waals surface area (Å²) in [7, 11) is -3.86. The number of nitrogens with one attached hydrogen (secondary N) is 1. The first-order valence-electron chi connectivity index (χ1n) is 5.42. The van der Waals surface area contributed by atoms with Crippen molar-refractivity contribution in [2.75, 3.05) is 6.54 Å². The van der Waals surface area contributed by atoms with Gasteiger partial charge in [0, 0.05) is 12.6 Å². The molecule has 1 aromatic heterocycles. The van der Waals surface area contributed by atoms with Crippen molar-refractivity contribution in [2.24, 2.45) is 10.6 Å². The van der Waals surface area contributed by atoms with Gasteiger partial charge in [-0.15, -0.1) is 0 Å². The third kappa shape index (κ3) is 3.85. The standard InChI is InChI=1S/C11H18N2O4S/c1-7-9(18(12,15)16)5-8(17-7)10(14)13-6-11(2,3)4/h5H,6H2,1-4H3,(H,13,14)(H2,12,15,16). The van der Waals surface area contributed by atoms with Gasteiger partial charge in [-0.3, -0.25) is 4.79 Å². The molecule has 0 aromatic carbocycles. The van der Waals surface area contributed by atoms with E-state index in [1.807, 2.05) is 20.8 Å². The molecule has 0 aliphatic rings. The molecule has 3 N–H and O–H groups in total. The molecule has 0 spiro atoms. The van der Waals surface area contributed by atoms with Gasteiger partial charge in [0.05, 0.1) is 0 Å². The van der Waals surface area contributed by atoms with Crippen LogP contribution in [0.4, 0.5) is 0 Å².